The number of allylic oxidation sites excluding steroid dienone is 2. The Labute approximate surface area is 185 Å². The van der Waals surface area contributed by atoms with Gasteiger partial charge in [-0.1, -0.05) is 41.4 Å². The smallest absolute Gasteiger partial charge is 0.255 e. The molecule has 30 heavy (non-hydrogen) atoms. The minimum atomic E-state index is -0.325. The van der Waals surface area contributed by atoms with Crippen LogP contribution in [0.3, 0.4) is 0 Å². The predicted molar refractivity (Wildman–Crippen MR) is 119 cm³/mol. The SMILES string of the molecule is O=C(c1ccc(-c2cnc3c(c2Cl)C2(CC=CC2)CN3)cc1Cl)N1CCC(O)CC1. The molecule has 156 valence electrons. The minimum absolute atomic E-state index is 0.0199. The van der Waals surface area contributed by atoms with E-state index in [0.717, 1.165) is 41.9 Å². The number of carbonyl (C=O) groups is 1. The van der Waals surface area contributed by atoms with Crippen LogP contribution in [-0.4, -0.2) is 46.6 Å². The van der Waals surface area contributed by atoms with Crippen molar-refractivity contribution in [2.75, 3.05) is 25.0 Å². The maximum absolute atomic E-state index is 12.9. The third-order valence-corrected chi connectivity index (χ3v) is 7.29. The van der Waals surface area contributed by atoms with Gasteiger partial charge >= 0.3 is 0 Å². The van der Waals surface area contributed by atoms with E-state index in [0.29, 0.717) is 41.5 Å². The average Bonchev–Trinajstić information content (AvgIpc) is 3.36. The molecule has 0 bridgehead atoms. The fourth-order valence-corrected chi connectivity index (χ4v) is 5.50. The number of anilines is 1. The lowest BCUT2D eigenvalue weighted by atomic mass is 9.80. The Bertz CT molecular complexity index is 1040. The van der Waals surface area contributed by atoms with Gasteiger partial charge in [-0.2, -0.15) is 0 Å². The van der Waals surface area contributed by atoms with E-state index in [1.165, 1.54) is 0 Å². The van der Waals surface area contributed by atoms with Crippen LogP contribution in [0.1, 0.15) is 41.6 Å². The van der Waals surface area contributed by atoms with Crippen LogP contribution in [0.2, 0.25) is 10.0 Å². The fourth-order valence-electron chi connectivity index (χ4n) is 4.79. The number of benzene rings is 1. The second kappa shape index (κ2) is 7.56. The summed E-state index contributed by atoms with van der Waals surface area (Å²) in [6.07, 6.45) is 8.97. The first-order chi connectivity index (χ1) is 14.5. The zero-order chi connectivity index (χ0) is 20.9. The number of rotatable bonds is 2. The Morgan fingerprint density at radius 1 is 1.20 bits per heavy atom. The Morgan fingerprint density at radius 3 is 2.63 bits per heavy atom. The van der Waals surface area contributed by atoms with Crippen LogP contribution < -0.4 is 5.32 Å². The highest BCUT2D eigenvalue weighted by Crippen LogP contribution is 2.50. The topological polar surface area (TPSA) is 65.5 Å². The van der Waals surface area contributed by atoms with Gasteiger partial charge in [0.05, 0.1) is 21.7 Å². The minimum Gasteiger partial charge on any atom is -0.393 e. The summed E-state index contributed by atoms with van der Waals surface area (Å²) in [7, 11) is 0. The highest BCUT2D eigenvalue weighted by Gasteiger charge is 2.42. The number of hydrogen-bond acceptors (Lipinski definition) is 4. The van der Waals surface area contributed by atoms with Crippen LogP contribution in [0.25, 0.3) is 11.1 Å². The first-order valence-electron chi connectivity index (χ1n) is 10.3. The van der Waals surface area contributed by atoms with Gasteiger partial charge in [-0.3, -0.25) is 4.79 Å². The van der Waals surface area contributed by atoms with Crippen molar-refractivity contribution in [3.63, 3.8) is 0 Å². The summed E-state index contributed by atoms with van der Waals surface area (Å²) < 4.78 is 0. The number of carbonyl (C=O) groups excluding carboxylic acids is 1. The molecule has 0 unspecified atom stereocenters. The number of fused-ring (bicyclic) bond motifs is 2. The molecule has 1 aromatic carbocycles. The quantitative estimate of drug-likeness (QED) is 0.661. The molecule has 1 aromatic heterocycles. The molecule has 1 fully saturated rings. The van der Waals surface area contributed by atoms with Gasteiger partial charge in [-0.25, -0.2) is 4.98 Å². The number of aromatic nitrogens is 1. The molecule has 2 N–H and O–H groups in total. The van der Waals surface area contributed by atoms with Crippen molar-refractivity contribution in [1.29, 1.82) is 0 Å². The molecule has 0 radical (unpaired) electrons. The Hall–Kier alpha value is -2.08. The van der Waals surface area contributed by atoms with E-state index < -0.39 is 0 Å². The Kier molecular flexibility index (Phi) is 5.00. The molecule has 3 aliphatic rings. The summed E-state index contributed by atoms with van der Waals surface area (Å²) in [4.78, 5) is 19.2. The van der Waals surface area contributed by atoms with E-state index >= 15 is 0 Å². The van der Waals surface area contributed by atoms with Crippen LogP contribution in [0.4, 0.5) is 5.82 Å². The van der Waals surface area contributed by atoms with Gasteiger partial charge in [0.15, 0.2) is 0 Å². The molecular formula is C23H23Cl2N3O2. The van der Waals surface area contributed by atoms with Crippen LogP contribution >= 0.6 is 23.2 Å². The van der Waals surface area contributed by atoms with Gasteiger partial charge in [0, 0.05) is 42.4 Å². The molecule has 3 heterocycles. The standard InChI is InChI=1S/C23H23Cl2N3O2/c24-18-11-14(3-4-16(18)22(30)28-9-5-15(29)6-10-28)17-12-26-21-19(20(17)25)23(13-27-21)7-1-2-8-23/h1-4,11-12,15,29H,5-10,13H2,(H,26,27). The molecule has 1 saturated heterocycles. The largest absolute Gasteiger partial charge is 0.393 e. The number of pyridine rings is 1. The van der Waals surface area contributed by atoms with Gasteiger partial charge in [0.1, 0.15) is 5.82 Å². The lowest BCUT2D eigenvalue weighted by molar-refractivity contribution is 0.0546. The molecule has 0 atom stereocenters. The predicted octanol–water partition coefficient (Wildman–Crippen LogP) is 4.67. The lowest BCUT2D eigenvalue weighted by Crippen LogP contribution is -2.40. The van der Waals surface area contributed by atoms with Crippen molar-refractivity contribution in [2.45, 2.75) is 37.2 Å². The van der Waals surface area contributed by atoms with Gasteiger partial charge in [-0.05, 0) is 43.4 Å². The number of hydrogen-bond donors (Lipinski definition) is 2. The maximum Gasteiger partial charge on any atom is 0.255 e. The Morgan fingerprint density at radius 2 is 1.93 bits per heavy atom. The van der Waals surface area contributed by atoms with Gasteiger partial charge in [0.25, 0.3) is 5.91 Å². The number of nitrogens with zero attached hydrogens (tertiary/aromatic N) is 2. The van der Waals surface area contributed by atoms with Gasteiger partial charge in [0.2, 0.25) is 0 Å². The number of amides is 1. The summed E-state index contributed by atoms with van der Waals surface area (Å²) in [5.74, 6) is 0.759. The van der Waals surface area contributed by atoms with Crippen molar-refractivity contribution in [3.05, 3.63) is 57.7 Å². The molecular weight excluding hydrogens is 421 g/mol. The van der Waals surface area contributed by atoms with Crippen molar-refractivity contribution in [3.8, 4) is 11.1 Å². The summed E-state index contributed by atoms with van der Waals surface area (Å²) in [5.41, 5.74) is 3.20. The van der Waals surface area contributed by atoms with Gasteiger partial charge in [-0.15, -0.1) is 0 Å². The van der Waals surface area contributed by atoms with Crippen molar-refractivity contribution in [2.24, 2.45) is 0 Å². The third kappa shape index (κ3) is 3.20. The molecule has 1 amide bonds. The molecule has 0 saturated carbocycles. The second-order valence-corrected chi connectivity index (χ2v) is 9.23. The maximum atomic E-state index is 12.9. The second-order valence-electron chi connectivity index (χ2n) is 8.44. The van der Waals surface area contributed by atoms with E-state index in [1.54, 1.807) is 23.2 Å². The van der Waals surface area contributed by atoms with E-state index in [4.69, 9.17) is 23.2 Å². The van der Waals surface area contributed by atoms with Crippen LogP contribution in [-0.2, 0) is 5.41 Å². The van der Waals surface area contributed by atoms with Crippen LogP contribution in [0, 0.1) is 0 Å². The monoisotopic (exact) mass is 443 g/mol. The number of nitrogens with one attached hydrogen (secondary N) is 1. The van der Waals surface area contributed by atoms with E-state index in [1.807, 2.05) is 6.07 Å². The van der Waals surface area contributed by atoms with Crippen molar-refractivity contribution >= 4 is 34.9 Å². The van der Waals surface area contributed by atoms with Crippen molar-refractivity contribution < 1.29 is 9.90 Å². The molecule has 1 spiro atoms. The number of piperidine rings is 1. The summed E-state index contributed by atoms with van der Waals surface area (Å²) in [6, 6.07) is 5.44. The zero-order valence-electron chi connectivity index (χ0n) is 16.5. The molecule has 2 aromatic rings. The van der Waals surface area contributed by atoms with Crippen LogP contribution in [0.5, 0.6) is 0 Å². The third-order valence-electron chi connectivity index (χ3n) is 6.59. The summed E-state index contributed by atoms with van der Waals surface area (Å²) in [6.45, 7) is 1.92. The number of aliphatic hydroxyl groups is 1. The van der Waals surface area contributed by atoms with Crippen molar-refractivity contribution in [1.82, 2.24) is 9.88 Å². The lowest BCUT2D eigenvalue weighted by Gasteiger charge is -2.30. The van der Waals surface area contributed by atoms with Crippen LogP contribution in [0.15, 0.2) is 36.5 Å². The highest BCUT2D eigenvalue weighted by molar-refractivity contribution is 6.36. The molecule has 7 heteroatoms. The first-order valence-corrected chi connectivity index (χ1v) is 11.1. The molecule has 5 nitrogen and oxygen atoms in total. The molecule has 2 aliphatic heterocycles. The fraction of sp³-hybridized carbons (Fsp3) is 0.391. The molecule has 1 aliphatic carbocycles. The highest BCUT2D eigenvalue weighted by atomic mass is 35.5. The molecule has 5 rings (SSSR count). The Balaban J connectivity index is 1.46. The van der Waals surface area contributed by atoms with E-state index in [2.05, 4.69) is 22.5 Å². The van der Waals surface area contributed by atoms with E-state index in [9.17, 15) is 9.90 Å². The normalized spacial score (nSPS) is 19.9. The van der Waals surface area contributed by atoms with E-state index in [-0.39, 0.29) is 17.4 Å². The number of aliphatic hydroxyl groups excluding tert-OH is 1. The average molecular weight is 444 g/mol. The van der Waals surface area contributed by atoms with Gasteiger partial charge < -0.3 is 15.3 Å². The zero-order valence-corrected chi connectivity index (χ0v) is 18.0. The first kappa shape index (κ1) is 19.9. The number of halogens is 2. The summed E-state index contributed by atoms with van der Waals surface area (Å²) in [5, 5.41) is 14.2. The summed E-state index contributed by atoms with van der Waals surface area (Å²) >= 11 is 13.4. The number of likely N-dealkylation sites (tertiary alicyclic amines) is 1.